The predicted octanol–water partition coefficient (Wildman–Crippen LogP) is 3.46. The third kappa shape index (κ3) is 3.82. The Balaban J connectivity index is 1.85. The Hall–Kier alpha value is -0.860. The summed E-state index contributed by atoms with van der Waals surface area (Å²) in [4.78, 5) is 0. The van der Waals surface area contributed by atoms with Crippen molar-refractivity contribution < 1.29 is 4.74 Å². The van der Waals surface area contributed by atoms with Crippen LogP contribution in [0.5, 0.6) is 0 Å². The number of benzene rings is 1. The van der Waals surface area contributed by atoms with Crippen molar-refractivity contribution in [3.63, 3.8) is 0 Å². The zero-order chi connectivity index (χ0) is 12.8. The summed E-state index contributed by atoms with van der Waals surface area (Å²) in [6.45, 7) is 3.91. The summed E-state index contributed by atoms with van der Waals surface area (Å²) in [7, 11) is 1.98. The molecule has 2 nitrogen and oxygen atoms in total. The van der Waals surface area contributed by atoms with Gasteiger partial charge in [-0.1, -0.05) is 49.1 Å². The third-order valence-corrected chi connectivity index (χ3v) is 3.87. The van der Waals surface area contributed by atoms with Crippen molar-refractivity contribution in [1.29, 1.82) is 0 Å². The summed E-state index contributed by atoms with van der Waals surface area (Å²) in [6.07, 6.45) is 5.65. The highest BCUT2D eigenvalue weighted by molar-refractivity contribution is 5.24. The number of rotatable bonds is 7. The number of nitrogens with one attached hydrogen (secondary N) is 1. The van der Waals surface area contributed by atoms with E-state index in [1.54, 1.807) is 0 Å². The largest absolute Gasteiger partial charge is 0.372 e. The van der Waals surface area contributed by atoms with Gasteiger partial charge in [0.2, 0.25) is 0 Å². The molecule has 2 rings (SSSR count). The lowest BCUT2D eigenvalue weighted by atomic mass is 9.83. The van der Waals surface area contributed by atoms with Crippen LogP contribution in [0.4, 0.5) is 0 Å². The smallest absolute Gasteiger partial charge is 0.0949 e. The fraction of sp³-hybridized carbons (Fsp3) is 0.625. The second-order valence-corrected chi connectivity index (χ2v) is 5.42. The van der Waals surface area contributed by atoms with Crippen LogP contribution in [0.15, 0.2) is 24.3 Å². The van der Waals surface area contributed by atoms with Crippen molar-refractivity contribution in [3.8, 4) is 0 Å². The summed E-state index contributed by atoms with van der Waals surface area (Å²) in [5.41, 5.74) is 2.59. The number of ether oxygens (including phenoxy) is 1. The predicted molar refractivity (Wildman–Crippen MR) is 75.8 cm³/mol. The lowest BCUT2D eigenvalue weighted by Crippen LogP contribution is -2.22. The maximum absolute atomic E-state index is 6.07. The van der Waals surface area contributed by atoms with E-state index in [1.807, 2.05) is 7.05 Å². The third-order valence-electron chi connectivity index (χ3n) is 3.87. The molecular weight excluding hydrogens is 222 g/mol. The molecule has 1 unspecified atom stereocenters. The van der Waals surface area contributed by atoms with Gasteiger partial charge in [-0.05, 0) is 31.9 Å². The van der Waals surface area contributed by atoms with E-state index in [0.717, 1.165) is 19.1 Å². The van der Waals surface area contributed by atoms with Crippen molar-refractivity contribution >= 4 is 0 Å². The maximum atomic E-state index is 6.07. The van der Waals surface area contributed by atoms with Crippen LogP contribution in [-0.2, 0) is 4.74 Å². The van der Waals surface area contributed by atoms with Gasteiger partial charge < -0.3 is 10.1 Å². The molecule has 0 spiro atoms. The van der Waals surface area contributed by atoms with Crippen molar-refractivity contribution in [1.82, 2.24) is 5.32 Å². The number of likely N-dealkylation sites (N-methyl/N-ethyl adjacent to an activating group) is 1. The van der Waals surface area contributed by atoms with E-state index in [-0.39, 0.29) is 6.10 Å². The lowest BCUT2D eigenvalue weighted by Gasteiger charge is -2.26. The second-order valence-electron chi connectivity index (χ2n) is 5.42. The van der Waals surface area contributed by atoms with Gasteiger partial charge in [0.1, 0.15) is 0 Å². The van der Waals surface area contributed by atoms with E-state index in [0.29, 0.717) is 0 Å². The second kappa shape index (κ2) is 6.91. The topological polar surface area (TPSA) is 21.3 Å². The Morgan fingerprint density at radius 3 is 2.83 bits per heavy atom. The van der Waals surface area contributed by atoms with E-state index < -0.39 is 0 Å². The van der Waals surface area contributed by atoms with Crippen LogP contribution < -0.4 is 5.32 Å². The van der Waals surface area contributed by atoms with Gasteiger partial charge in [0.25, 0.3) is 0 Å². The monoisotopic (exact) mass is 247 g/mol. The molecule has 1 atom stereocenters. The van der Waals surface area contributed by atoms with Crippen LogP contribution in [0.3, 0.4) is 0 Å². The molecule has 1 aliphatic carbocycles. The highest BCUT2D eigenvalue weighted by Gasteiger charge is 2.18. The van der Waals surface area contributed by atoms with Crippen LogP contribution in [0.25, 0.3) is 0 Å². The van der Waals surface area contributed by atoms with E-state index in [4.69, 9.17) is 4.74 Å². The molecule has 0 aliphatic heterocycles. The van der Waals surface area contributed by atoms with E-state index in [2.05, 4.69) is 36.5 Å². The highest BCUT2D eigenvalue weighted by Crippen LogP contribution is 2.30. The van der Waals surface area contributed by atoms with Crippen LogP contribution in [0.1, 0.15) is 42.9 Å². The molecule has 1 aromatic rings. The molecule has 0 aromatic heterocycles. The fourth-order valence-corrected chi connectivity index (χ4v) is 2.49. The van der Waals surface area contributed by atoms with Crippen molar-refractivity contribution in [2.45, 2.75) is 38.7 Å². The van der Waals surface area contributed by atoms with E-state index >= 15 is 0 Å². The average molecular weight is 247 g/mol. The first-order valence-electron chi connectivity index (χ1n) is 7.12. The number of aryl methyl sites for hydroxylation is 1. The zero-order valence-corrected chi connectivity index (χ0v) is 11.6. The summed E-state index contributed by atoms with van der Waals surface area (Å²) in [5, 5.41) is 3.23. The van der Waals surface area contributed by atoms with Crippen LogP contribution in [0, 0.1) is 12.8 Å². The summed E-state index contributed by atoms with van der Waals surface area (Å²) in [6, 6.07) is 8.64. The van der Waals surface area contributed by atoms with Crippen molar-refractivity contribution in [2.75, 3.05) is 20.2 Å². The number of hydrogen-bond donors (Lipinski definition) is 1. The van der Waals surface area contributed by atoms with Crippen molar-refractivity contribution in [3.05, 3.63) is 35.4 Å². The van der Waals surface area contributed by atoms with Gasteiger partial charge in [-0.25, -0.2) is 0 Å². The van der Waals surface area contributed by atoms with Crippen LogP contribution in [-0.4, -0.2) is 20.2 Å². The molecule has 1 saturated carbocycles. The van der Waals surface area contributed by atoms with E-state index in [9.17, 15) is 0 Å². The Bertz CT molecular complexity index is 360. The van der Waals surface area contributed by atoms with Gasteiger partial charge in [0.15, 0.2) is 0 Å². The Kier molecular flexibility index (Phi) is 5.21. The molecule has 0 radical (unpaired) electrons. The standard InChI is InChI=1S/C16H25NO/c1-13-5-3-8-15(11-13)16(12-17-2)18-10-9-14-6-4-7-14/h3,5,8,11,14,16-17H,4,6-7,9-10,12H2,1-2H3. The molecule has 1 aromatic carbocycles. The van der Waals surface area contributed by atoms with E-state index in [1.165, 1.54) is 36.8 Å². The first-order valence-corrected chi connectivity index (χ1v) is 7.12. The van der Waals surface area contributed by atoms with Gasteiger partial charge in [-0.3, -0.25) is 0 Å². The van der Waals surface area contributed by atoms with Gasteiger partial charge >= 0.3 is 0 Å². The summed E-state index contributed by atoms with van der Waals surface area (Å²) < 4.78 is 6.07. The van der Waals surface area contributed by atoms with Gasteiger partial charge in [0, 0.05) is 13.2 Å². The SMILES string of the molecule is CNCC(OCCC1CCC1)c1cccc(C)c1. The summed E-state index contributed by atoms with van der Waals surface area (Å²) >= 11 is 0. The minimum atomic E-state index is 0.190. The highest BCUT2D eigenvalue weighted by atomic mass is 16.5. The zero-order valence-electron chi connectivity index (χ0n) is 11.6. The molecule has 18 heavy (non-hydrogen) atoms. The van der Waals surface area contributed by atoms with Crippen LogP contribution >= 0.6 is 0 Å². The molecule has 1 N–H and O–H groups in total. The minimum Gasteiger partial charge on any atom is -0.372 e. The molecule has 0 bridgehead atoms. The van der Waals surface area contributed by atoms with Gasteiger partial charge in [0.05, 0.1) is 6.10 Å². The molecule has 0 saturated heterocycles. The number of hydrogen-bond acceptors (Lipinski definition) is 2. The van der Waals surface area contributed by atoms with Gasteiger partial charge in [-0.2, -0.15) is 0 Å². The molecular formula is C16H25NO. The average Bonchev–Trinajstić information content (AvgIpc) is 2.31. The Morgan fingerprint density at radius 2 is 2.22 bits per heavy atom. The quantitative estimate of drug-likeness (QED) is 0.796. The fourth-order valence-electron chi connectivity index (χ4n) is 2.49. The lowest BCUT2D eigenvalue weighted by molar-refractivity contribution is 0.0383. The minimum absolute atomic E-state index is 0.190. The molecule has 2 heteroatoms. The first kappa shape index (κ1) is 13.6. The molecule has 0 heterocycles. The maximum Gasteiger partial charge on any atom is 0.0949 e. The molecule has 1 fully saturated rings. The molecule has 1 aliphatic rings. The Morgan fingerprint density at radius 1 is 1.39 bits per heavy atom. The molecule has 0 amide bonds. The van der Waals surface area contributed by atoms with Crippen LogP contribution in [0.2, 0.25) is 0 Å². The van der Waals surface area contributed by atoms with Crippen molar-refractivity contribution in [2.24, 2.45) is 5.92 Å². The summed E-state index contributed by atoms with van der Waals surface area (Å²) in [5.74, 6) is 0.928. The first-order chi connectivity index (χ1) is 8.79. The normalized spacial score (nSPS) is 17.4. The van der Waals surface area contributed by atoms with Gasteiger partial charge in [-0.15, -0.1) is 0 Å². The molecule has 100 valence electrons. The Labute approximate surface area is 111 Å².